The largest absolute Gasteiger partial charge is 0.377 e. The van der Waals surface area contributed by atoms with E-state index in [1.165, 1.54) is 5.57 Å². The molecule has 0 aliphatic carbocycles. The third-order valence-corrected chi connectivity index (χ3v) is 2.56. The Kier molecular flexibility index (Phi) is 10.6. The standard InChI is InChI=1S/C12H23N3O.HI/c1-3-7-14-12(13-2)15-8-4-11-5-9-16-10-6-11;/h5H,3-4,6-10H2,1-2H3,(H2,13,14,15);1H. The van der Waals surface area contributed by atoms with Crippen LogP contribution in [0.3, 0.4) is 0 Å². The minimum absolute atomic E-state index is 0. The number of guanidine groups is 1. The predicted molar refractivity (Wildman–Crippen MR) is 83.2 cm³/mol. The summed E-state index contributed by atoms with van der Waals surface area (Å²) in [6, 6.07) is 0. The molecule has 1 heterocycles. The lowest BCUT2D eigenvalue weighted by Crippen LogP contribution is -2.38. The summed E-state index contributed by atoms with van der Waals surface area (Å²) in [7, 11) is 1.80. The van der Waals surface area contributed by atoms with E-state index in [0.29, 0.717) is 0 Å². The zero-order valence-corrected chi connectivity index (χ0v) is 13.1. The van der Waals surface area contributed by atoms with E-state index in [2.05, 4.69) is 28.6 Å². The first-order chi connectivity index (χ1) is 7.86. The second-order valence-electron chi connectivity index (χ2n) is 3.86. The number of aliphatic imine (C=N–C) groups is 1. The lowest BCUT2D eigenvalue weighted by molar-refractivity contribution is 0.153. The Balaban J connectivity index is 0.00000256. The van der Waals surface area contributed by atoms with Crippen molar-refractivity contribution in [3.63, 3.8) is 0 Å². The predicted octanol–water partition coefficient (Wildman–Crippen LogP) is 1.92. The molecule has 4 nitrogen and oxygen atoms in total. The summed E-state index contributed by atoms with van der Waals surface area (Å²) in [6.07, 6.45) is 5.45. The second kappa shape index (κ2) is 10.8. The number of nitrogens with one attached hydrogen (secondary N) is 2. The van der Waals surface area contributed by atoms with Crippen molar-refractivity contribution in [3.05, 3.63) is 11.6 Å². The van der Waals surface area contributed by atoms with Gasteiger partial charge in [-0.1, -0.05) is 18.6 Å². The van der Waals surface area contributed by atoms with E-state index >= 15 is 0 Å². The molecular weight excluding hydrogens is 329 g/mol. The van der Waals surface area contributed by atoms with Crippen LogP contribution in [-0.2, 0) is 4.74 Å². The molecule has 0 aromatic rings. The van der Waals surface area contributed by atoms with Crippen molar-refractivity contribution in [2.75, 3.05) is 33.4 Å². The van der Waals surface area contributed by atoms with Gasteiger partial charge in [0.25, 0.3) is 0 Å². The van der Waals surface area contributed by atoms with Crippen LogP contribution in [0.15, 0.2) is 16.6 Å². The Bertz CT molecular complexity index is 254. The van der Waals surface area contributed by atoms with Gasteiger partial charge < -0.3 is 15.4 Å². The van der Waals surface area contributed by atoms with Crippen LogP contribution in [0.4, 0.5) is 0 Å². The van der Waals surface area contributed by atoms with Gasteiger partial charge in [0.15, 0.2) is 5.96 Å². The van der Waals surface area contributed by atoms with E-state index in [-0.39, 0.29) is 24.0 Å². The van der Waals surface area contributed by atoms with Gasteiger partial charge in [-0.3, -0.25) is 4.99 Å². The highest BCUT2D eigenvalue weighted by Crippen LogP contribution is 2.10. The number of halogens is 1. The lowest BCUT2D eigenvalue weighted by atomic mass is 10.1. The maximum atomic E-state index is 5.27. The Morgan fingerprint density at radius 3 is 2.76 bits per heavy atom. The third kappa shape index (κ3) is 7.59. The summed E-state index contributed by atoms with van der Waals surface area (Å²) in [5.41, 5.74) is 1.49. The molecule has 0 saturated heterocycles. The van der Waals surface area contributed by atoms with E-state index in [9.17, 15) is 0 Å². The summed E-state index contributed by atoms with van der Waals surface area (Å²) < 4.78 is 5.27. The number of rotatable bonds is 5. The highest BCUT2D eigenvalue weighted by molar-refractivity contribution is 14.0. The van der Waals surface area contributed by atoms with Crippen molar-refractivity contribution in [3.8, 4) is 0 Å². The van der Waals surface area contributed by atoms with Crippen LogP contribution >= 0.6 is 24.0 Å². The Hall–Kier alpha value is -0.300. The summed E-state index contributed by atoms with van der Waals surface area (Å²) in [4.78, 5) is 4.16. The normalized spacial score (nSPS) is 15.9. The summed E-state index contributed by atoms with van der Waals surface area (Å²) >= 11 is 0. The first-order valence-corrected chi connectivity index (χ1v) is 6.07. The molecule has 2 N–H and O–H groups in total. The van der Waals surface area contributed by atoms with Crippen LogP contribution in [-0.4, -0.2) is 39.3 Å². The van der Waals surface area contributed by atoms with Crippen molar-refractivity contribution in [2.45, 2.75) is 26.2 Å². The van der Waals surface area contributed by atoms with Gasteiger partial charge in [0, 0.05) is 20.1 Å². The van der Waals surface area contributed by atoms with Gasteiger partial charge in [-0.2, -0.15) is 0 Å². The molecule has 17 heavy (non-hydrogen) atoms. The van der Waals surface area contributed by atoms with Crippen molar-refractivity contribution < 1.29 is 4.74 Å². The maximum Gasteiger partial charge on any atom is 0.190 e. The summed E-state index contributed by atoms with van der Waals surface area (Å²) in [5.74, 6) is 0.898. The summed E-state index contributed by atoms with van der Waals surface area (Å²) in [6.45, 7) is 5.70. The van der Waals surface area contributed by atoms with E-state index in [0.717, 1.165) is 51.5 Å². The Morgan fingerprint density at radius 2 is 2.18 bits per heavy atom. The van der Waals surface area contributed by atoms with Gasteiger partial charge in [-0.25, -0.2) is 0 Å². The molecule has 0 saturated carbocycles. The molecule has 0 fully saturated rings. The summed E-state index contributed by atoms with van der Waals surface area (Å²) in [5, 5.41) is 6.56. The average Bonchev–Trinajstić information content (AvgIpc) is 2.35. The smallest absolute Gasteiger partial charge is 0.190 e. The zero-order chi connectivity index (χ0) is 11.6. The van der Waals surface area contributed by atoms with E-state index in [1.807, 2.05) is 0 Å². The molecule has 0 aromatic carbocycles. The first-order valence-electron chi connectivity index (χ1n) is 6.07. The van der Waals surface area contributed by atoms with Gasteiger partial charge in [-0.05, 0) is 19.3 Å². The van der Waals surface area contributed by atoms with Crippen LogP contribution < -0.4 is 10.6 Å². The van der Waals surface area contributed by atoms with Crippen molar-refractivity contribution in [1.29, 1.82) is 0 Å². The van der Waals surface area contributed by atoms with Crippen LogP contribution in [0.25, 0.3) is 0 Å². The molecule has 0 bridgehead atoms. The molecule has 5 heteroatoms. The zero-order valence-electron chi connectivity index (χ0n) is 10.8. The first kappa shape index (κ1) is 16.7. The fraction of sp³-hybridized carbons (Fsp3) is 0.750. The highest BCUT2D eigenvalue weighted by Gasteiger charge is 2.03. The quantitative estimate of drug-likeness (QED) is 0.344. The molecule has 1 aliphatic heterocycles. The number of ether oxygens (including phenoxy) is 1. The average molecular weight is 353 g/mol. The van der Waals surface area contributed by atoms with Gasteiger partial charge in [0.05, 0.1) is 13.2 Å². The molecule has 100 valence electrons. The molecule has 1 aliphatic rings. The fourth-order valence-corrected chi connectivity index (χ4v) is 1.60. The van der Waals surface area contributed by atoms with Crippen molar-refractivity contribution in [1.82, 2.24) is 10.6 Å². The van der Waals surface area contributed by atoms with Crippen molar-refractivity contribution >= 4 is 29.9 Å². The SMILES string of the molecule is CCCNC(=NC)NCCC1=CCOCC1.I. The number of hydrogen-bond donors (Lipinski definition) is 2. The fourth-order valence-electron chi connectivity index (χ4n) is 1.60. The molecule has 0 aromatic heterocycles. The van der Waals surface area contributed by atoms with E-state index < -0.39 is 0 Å². The van der Waals surface area contributed by atoms with Crippen LogP contribution in [0.1, 0.15) is 26.2 Å². The van der Waals surface area contributed by atoms with Crippen LogP contribution in [0.5, 0.6) is 0 Å². The minimum atomic E-state index is 0. The van der Waals surface area contributed by atoms with Crippen LogP contribution in [0.2, 0.25) is 0 Å². The van der Waals surface area contributed by atoms with E-state index in [4.69, 9.17) is 4.74 Å². The Morgan fingerprint density at radius 1 is 1.41 bits per heavy atom. The van der Waals surface area contributed by atoms with Gasteiger partial charge >= 0.3 is 0 Å². The maximum absolute atomic E-state index is 5.27. The Labute approximate surface area is 121 Å². The van der Waals surface area contributed by atoms with Gasteiger partial charge in [0.1, 0.15) is 0 Å². The van der Waals surface area contributed by atoms with E-state index in [1.54, 1.807) is 7.05 Å². The molecule has 0 unspecified atom stereocenters. The minimum Gasteiger partial charge on any atom is -0.377 e. The molecule has 0 amide bonds. The molecular formula is C12H24IN3O. The molecule has 0 spiro atoms. The molecule has 1 rings (SSSR count). The topological polar surface area (TPSA) is 45.7 Å². The van der Waals surface area contributed by atoms with Gasteiger partial charge in [0.2, 0.25) is 0 Å². The molecule has 0 atom stereocenters. The monoisotopic (exact) mass is 353 g/mol. The van der Waals surface area contributed by atoms with Crippen LogP contribution in [0, 0.1) is 0 Å². The number of hydrogen-bond acceptors (Lipinski definition) is 2. The highest BCUT2D eigenvalue weighted by atomic mass is 127. The van der Waals surface area contributed by atoms with Crippen molar-refractivity contribution in [2.24, 2.45) is 4.99 Å². The third-order valence-electron chi connectivity index (χ3n) is 2.56. The lowest BCUT2D eigenvalue weighted by Gasteiger charge is -2.15. The molecule has 0 radical (unpaired) electrons. The van der Waals surface area contributed by atoms with Gasteiger partial charge in [-0.15, -0.1) is 24.0 Å². The number of nitrogens with zero attached hydrogens (tertiary/aromatic N) is 1. The second-order valence-corrected chi connectivity index (χ2v) is 3.86.